The normalized spacial score (nSPS) is 12.4. The van der Waals surface area contributed by atoms with Crippen LogP contribution in [0.5, 0.6) is 0 Å². The highest BCUT2D eigenvalue weighted by atomic mass is 127. The topological polar surface area (TPSA) is 96.6 Å². The van der Waals surface area contributed by atoms with Crippen LogP contribution < -0.4 is 10.6 Å². The number of hydrogen-bond donors (Lipinski definition) is 2. The van der Waals surface area contributed by atoms with E-state index in [1.807, 2.05) is 52.0 Å². The van der Waals surface area contributed by atoms with Crippen LogP contribution in [0.1, 0.15) is 38.4 Å². The van der Waals surface area contributed by atoms with Crippen molar-refractivity contribution in [3.05, 3.63) is 41.8 Å². The number of benzene rings is 1. The first-order valence-electron chi connectivity index (χ1n) is 9.79. The number of nitrogens with one attached hydrogen (secondary N) is 2. The van der Waals surface area contributed by atoms with Gasteiger partial charge in [-0.15, -0.1) is 24.0 Å². The molecule has 30 heavy (non-hydrogen) atoms. The number of oxazole rings is 1. The lowest BCUT2D eigenvalue weighted by atomic mass is 9.90. The smallest absolute Gasteiger partial charge is 0.226 e. The van der Waals surface area contributed by atoms with E-state index in [0.29, 0.717) is 31.4 Å². The second-order valence-electron chi connectivity index (χ2n) is 8.10. The molecule has 0 saturated carbocycles. The number of sulfone groups is 1. The van der Waals surface area contributed by atoms with Crippen LogP contribution in [0.25, 0.3) is 11.5 Å². The molecule has 0 atom stereocenters. The third kappa shape index (κ3) is 9.46. The summed E-state index contributed by atoms with van der Waals surface area (Å²) in [6, 6.07) is 8.02. The molecular weight excluding hydrogens is 515 g/mol. The maximum atomic E-state index is 11.4. The highest BCUT2D eigenvalue weighted by Gasteiger charge is 2.20. The van der Waals surface area contributed by atoms with Gasteiger partial charge < -0.3 is 15.1 Å². The zero-order chi connectivity index (χ0) is 21.5. The van der Waals surface area contributed by atoms with Crippen molar-refractivity contribution in [2.75, 3.05) is 25.1 Å². The molecule has 0 saturated heterocycles. The molecule has 0 aliphatic rings. The highest BCUT2D eigenvalue weighted by Crippen LogP contribution is 2.20. The molecule has 7 nitrogen and oxygen atoms in total. The molecule has 2 N–H and O–H groups in total. The Morgan fingerprint density at radius 3 is 2.47 bits per heavy atom. The van der Waals surface area contributed by atoms with Crippen LogP contribution in [0.4, 0.5) is 0 Å². The average Bonchev–Trinajstić information content (AvgIpc) is 3.12. The Bertz CT molecular complexity index is 922. The Hall–Kier alpha value is -1.62. The fourth-order valence-electron chi connectivity index (χ4n) is 2.58. The van der Waals surface area contributed by atoms with Gasteiger partial charge in [-0.05, 0) is 37.8 Å². The third-order valence-electron chi connectivity index (χ3n) is 4.48. The van der Waals surface area contributed by atoms with Gasteiger partial charge in [-0.1, -0.05) is 31.5 Å². The van der Waals surface area contributed by atoms with Gasteiger partial charge in [-0.2, -0.15) is 0 Å². The van der Waals surface area contributed by atoms with Crippen molar-refractivity contribution in [3.63, 3.8) is 0 Å². The second-order valence-corrected chi connectivity index (χ2v) is 10.4. The number of rotatable bonds is 9. The molecule has 0 unspecified atom stereocenters. The lowest BCUT2D eigenvalue weighted by Gasteiger charge is -2.25. The zero-order valence-electron chi connectivity index (χ0n) is 18.4. The van der Waals surface area contributed by atoms with Gasteiger partial charge >= 0.3 is 0 Å². The summed E-state index contributed by atoms with van der Waals surface area (Å²) >= 11 is 0. The lowest BCUT2D eigenvalue weighted by molar-refractivity contribution is 0.348. The minimum atomic E-state index is -2.97. The van der Waals surface area contributed by atoms with Crippen LogP contribution in [0.3, 0.4) is 0 Å². The summed E-state index contributed by atoms with van der Waals surface area (Å²) in [6.45, 7) is 9.84. The zero-order valence-corrected chi connectivity index (χ0v) is 21.5. The van der Waals surface area contributed by atoms with Gasteiger partial charge in [-0.3, -0.25) is 0 Å². The monoisotopic (exact) mass is 548 g/mol. The van der Waals surface area contributed by atoms with Crippen LogP contribution >= 0.6 is 24.0 Å². The molecule has 0 aliphatic carbocycles. The van der Waals surface area contributed by atoms with Gasteiger partial charge in [0.25, 0.3) is 0 Å². The molecule has 1 aromatic heterocycles. The van der Waals surface area contributed by atoms with Crippen molar-refractivity contribution in [1.29, 1.82) is 0 Å². The van der Waals surface area contributed by atoms with Crippen molar-refractivity contribution in [2.24, 2.45) is 10.4 Å². The summed E-state index contributed by atoms with van der Waals surface area (Å²) in [5.74, 6) is 1.42. The molecule has 0 fully saturated rings. The number of halogens is 1. The summed E-state index contributed by atoms with van der Waals surface area (Å²) in [4.78, 5) is 9.08. The molecular formula is C21H33IN4O3S. The van der Waals surface area contributed by atoms with Crippen molar-refractivity contribution in [3.8, 4) is 11.5 Å². The fraction of sp³-hybridized carbons (Fsp3) is 0.524. The van der Waals surface area contributed by atoms with Crippen LogP contribution in [0.2, 0.25) is 0 Å². The van der Waals surface area contributed by atoms with E-state index in [4.69, 9.17) is 4.42 Å². The highest BCUT2D eigenvalue weighted by molar-refractivity contribution is 14.0. The van der Waals surface area contributed by atoms with Crippen LogP contribution in [0.15, 0.2) is 39.9 Å². The molecule has 1 aromatic carbocycles. The molecule has 9 heteroatoms. The number of guanidine groups is 1. The van der Waals surface area contributed by atoms with Gasteiger partial charge in [0.15, 0.2) is 5.96 Å². The van der Waals surface area contributed by atoms with Crippen molar-refractivity contribution in [2.45, 2.75) is 40.7 Å². The second kappa shape index (κ2) is 11.7. The summed E-state index contributed by atoms with van der Waals surface area (Å²) < 4.78 is 28.4. The number of nitrogens with zero attached hydrogens (tertiary/aromatic N) is 2. The first-order chi connectivity index (χ1) is 13.6. The summed E-state index contributed by atoms with van der Waals surface area (Å²) in [6.07, 6.45) is 3.48. The molecule has 2 rings (SSSR count). The van der Waals surface area contributed by atoms with Crippen LogP contribution in [-0.2, 0) is 16.4 Å². The van der Waals surface area contributed by atoms with Gasteiger partial charge in [0.2, 0.25) is 5.89 Å². The lowest BCUT2D eigenvalue weighted by Crippen LogP contribution is -2.42. The van der Waals surface area contributed by atoms with E-state index < -0.39 is 9.84 Å². The Balaban J connectivity index is 0.00000450. The SMILES string of the molecule is CCNC(=NCc1coc(-c2ccc(C)cc2)n1)NCC(C)(C)CCS(C)(=O)=O.I. The van der Waals surface area contributed by atoms with E-state index in [1.165, 1.54) is 11.8 Å². The number of aromatic nitrogens is 1. The Kier molecular flexibility index (Phi) is 10.3. The maximum absolute atomic E-state index is 11.4. The minimum absolute atomic E-state index is 0. The van der Waals surface area contributed by atoms with Gasteiger partial charge in [0, 0.05) is 24.9 Å². The molecule has 0 bridgehead atoms. The molecule has 168 valence electrons. The van der Waals surface area contributed by atoms with E-state index in [1.54, 1.807) is 6.26 Å². The first-order valence-corrected chi connectivity index (χ1v) is 11.9. The van der Waals surface area contributed by atoms with Crippen molar-refractivity contribution in [1.82, 2.24) is 15.6 Å². The molecule has 0 spiro atoms. The van der Waals surface area contributed by atoms with Crippen LogP contribution in [-0.4, -0.2) is 44.5 Å². The summed E-state index contributed by atoms with van der Waals surface area (Å²) in [5.41, 5.74) is 2.69. The number of aryl methyl sites for hydroxylation is 1. The standard InChI is InChI=1S/C21H32N4O3S.HI/c1-6-22-20(24-15-21(3,4)11-12-29(5,26)27)23-13-18-14-28-19(25-18)17-9-7-16(2)8-10-17;/h7-10,14H,6,11-13,15H2,1-5H3,(H2,22,23,24);1H. The van der Waals surface area contributed by atoms with E-state index in [-0.39, 0.29) is 35.1 Å². The maximum Gasteiger partial charge on any atom is 0.226 e. The molecule has 0 aliphatic heterocycles. The Morgan fingerprint density at radius 1 is 1.20 bits per heavy atom. The molecule has 0 amide bonds. The minimum Gasteiger partial charge on any atom is -0.444 e. The number of hydrogen-bond acceptors (Lipinski definition) is 5. The van der Waals surface area contributed by atoms with Gasteiger partial charge in [-0.25, -0.2) is 18.4 Å². The van der Waals surface area contributed by atoms with E-state index in [2.05, 4.69) is 20.6 Å². The predicted octanol–water partition coefficient (Wildman–Crippen LogP) is 3.78. The van der Waals surface area contributed by atoms with Gasteiger partial charge in [0.05, 0.1) is 12.3 Å². The average molecular weight is 548 g/mol. The number of aliphatic imine (C=N–C) groups is 1. The largest absolute Gasteiger partial charge is 0.444 e. The molecule has 1 heterocycles. The summed E-state index contributed by atoms with van der Waals surface area (Å²) in [5, 5.41) is 6.50. The molecule has 0 radical (unpaired) electrons. The molecule has 2 aromatic rings. The van der Waals surface area contributed by atoms with E-state index in [0.717, 1.165) is 17.8 Å². The predicted molar refractivity (Wildman–Crippen MR) is 133 cm³/mol. The first kappa shape index (κ1) is 26.4. The Labute approximate surface area is 197 Å². The van der Waals surface area contributed by atoms with E-state index >= 15 is 0 Å². The van der Waals surface area contributed by atoms with Crippen LogP contribution in [0, 0.1) is 12.3 Å². The van der Waals surface area contributed by atoms with Crippen molar-refractivity contribution < 1.29 is 12.8 Å². The summed E-state index contributed by atoms with van der Waals surface area (Å²) in [7, 11) is -2.97. The van der Waals surface area contributed by atoms with Crippen molar-refractivity contribution >= 4 is 39.8 Å². The fourth-order valence-corrected chi connectivity index (χ4v) is 3.51. The van der Waals surface area contributed by atoms with Gasteiger partial charge in [0.1, 0.15) is 21.8 Å². The quantitative estimate of drug-likeness (QED) is 0.281. The third-order valence-corrected chi connectivity index (χ3v) is 5.42. The Morgan fingerprint density at radius 2 is 1.87 bits per heavy atom. The van der Waals surface area contributed by atoms with E-state index in [9.17, 15) is 8.42 Å².